The second-order valence-corrected chi connectivity index (χ2v) is 8.31. The molecule has 0 aliphatic carbocycles. The van der Waals surface area contributed by atoms with Crippen molar-refractivity contribution in [3.8, 4) is 5.75 Å². The molecule has 144 valence electrons. The van der Waals surface area contributed by atoms with Crippen LogP contribution in [0.25, 0.3) is 0 Å². The Bertz CT molecular complexity index is 1100. The highest BCUT2D eigenvalue weighted by Gasteiger charge is 2.20. The minimum absolute atomic E-state index is 0.0293. The van der Waals surface area contributed by atoms with Gasteiger partial charge in [-0.15, -0.1) is 0 Å². The fourth-order valence-corrected chi connectivity index (χ4v) is 4.37. The highest BCUT2D eigenvalue weighted by molar-refractivity contribution is 9.10. The van der Waals surface area contributed by atoms with Gasteiger partial charge in [0.05, 0.1) is 0 Å². The molecule has 0 aliphatic heterocycles. The number of hydrogen-bond donors (Lipinski definition) is 1. The molecule has 5 nitrogen and oxygen atoms in total. The lowest BCUT2D eigenvalue weighted by Crippen LogP contribution is -2.30. The number of ether oxygens (including phenoxy) is 1. The average molecular weight is 464 g/mol. The van der Waals surface area contributed by atoms with Gasteiger partial charge in [0.1, 0.15) is 23.1 Å². The lowest BCUT2D eigenvalue weighted by atomic mass is 10.2. The van der Waals surface area contributed by atoms with Crippen LogP contribution in [0.3, 0.4) is 0 Å². The van der Waals surface area contributed by atoms with Crippen molar-refractivity contribution in [2.24, 2.45) is 0 Å². The molecule has 1 N–H and O–H groups in total. The van der Waals surface area contributed by atoms with Crippen LogP contribution in [0.4, 0.5) is 4.39 Å². The molecule has 3 aromatic rings. The zero-order valence-corrected chi connectivity index (χ0v) is 16.8. The van der Waals surface area contributed by atoms with E-state index in [2.05, 4.69) is 15.9 Å². The van der Waals surface area contributed by atoms with Crippen LogP contribution in [0.15, 0.2) is 82.2 Å². The third kappa shape index (κ3) is 4.96. The van der Waals surface area contributed by atoms with Crippen molar-refractivity contribution >= 4 is 31.9 Å². The lowest BCUT2D eigenvalue weighted by Gasteiger charge is -2.10. The van der Waals surface area contributed by atoms with Crippen LogP contribution in [0.5, 0.6) is 5.75 Å². The van der Waals surface area contributed by atoms with E-state index >= 15 is 0 Å². The molecule has 28 heavy (non-hydrogen) atoms. The smallest absolute Gasteiger partial charge is 0.265 e. The molecule has 0 saturated carbocycles. The largest absolute Gasteiger partial charge is 0.489 e. The van der Waals surface area contributed by atoms with E-state index in [1.807, 2.05) is 4.72 Å². The Balaban J connectivity index is 1.66. The fourth-order valence-electron chi connectivity index (χ4n) is 2.39. The van der Waals surface area contributed by atoms with Crippen LogP contribution in [-0.4, -0.2) is 14.3 Å². The first-order valence-electron chi connectivity index (χ1n) is 8.14. The van der Waals surface area contributed by atoms with Crippen LogP contribution in [0.1, 0.15) is 15.9 Å². The van der Waals surface area contributed by atoms with Crippen LogP contribution in [0, 0.1) is 5.82 Å². The Morgan fingerprint density at radius 3 is 2.39 bits per heavy atom. The van der Waals surface area contributed by atoms with E-state index < -0.39 is 15.9 Å². The van der Waals surface area contributed by atoms with E-state index in [0.29, 0.717) is 15.8 Å². The zero-order valence-electron chi connectivity index (χ0n) is 14.4. The maximum Gasteiger partial charge on any atom is 0.265 e. The first-order chi connectivity index (χ1) is 13.3. The number of carbonyl (C=O) groups excluding carboxylic acids is 1. The quantitative estimate of drug-likeness (QED) is 0.591. The van der Waals surface area contributed by atoms with Gasteiger partial charge < -0.3 is 4.74 Å². The summed E-state index contributed by atoms with van der Waals surface area (Å²) in [5.74, 6) is -0.638. The molecule has 0 aromatic heterocycles. The first kappa shape index (κ1) is 20.0. The molecule has 0 heterocycles. The van der Waals surface area contributed by atoms with E-state index in [1.54, 1.807) is 42.5 Å². The van der Waals surface area contributed by atoms with Crippen molar-refractivity contribution in [1.29, 1.82) is 0 Å². The van der Waals surface area contributed by atoms with Gasteiger partial charge in [-0.05, 0) is 70.0 Å². The maximum absolute atomic E-state index is 13.2. The molecule has 0 atom stereocenters. The predicted octanol–water partition coefficient (Wildman–Crippen LogP) is 4.29. The standard InChI is InChI=1S/C20H15BrFNO4S/c21-18-6-1-2-7-19(18)28(25,26)23-20(24)15-8-10-17(11-9-15)27-13-14-4-3-5-16(22)12-14/h1-12H,13H2,(H,23,24). The summed E-state index contributed by atoms with van der Waals surface area (Å²) in [6.07, 6.45) is 0. The van der Waals surface area contributed by atoms with Gasteiger partial charge in [-0.2, -0.15) is 0 Å². The Kier molecular flexibility index (Phi) is 6.11. The van der Waals surface area contributed by atoms with Gasteiger partial charge in [0.15, 0.2) is 0 Å². The summed E-state index contributed by atoms with van der Waals surface area (Å²) < 4.78 is 45.8. The topological polar surface area (TPSA) is 72.5 Å². The molecule has 1 amide bonds. The van der Waals surface area contributed by atoms with Crippen molar-refractivity contribution in [2.45, 2.75) is 11.5 Å². The molecule has 0 radical (unpaired) electrons. The minimum atomic E-state index is -4.01. The highest BCUT2D eigenvalue weighted by Crippen LogP contribution is 2.21. The van der Waals surface area contributed by atoms with Crippen LogP contribution in [-0.2, 0) is 16.6 Å². The van der Waals surface area contributed by atoms with E-state index in [-0.39, 0.29) is 22.9 Å². The van der Waals surface area contributed by atoms with Gasteiger partial charge in [0, 0.05) is 10.0 Å². The second kappa shape index (κ2) is 8.53. The van der Waals surface area contributed by atoms with Crippen molar-refractivity contribution in [1.82, 2.24) is 4.72 Å². The monoisotopic (exact) mass is 463 g/mol. The number of amides is 1. The van der Waals surface area contributed by atoms with Crippen LogP contribution >= 0.6 is 15.9 Å². The summed E-state index contributed by atoms with van der Waals surface area (Å²) in [6.45, 7) is 0.166. The first-order valence-corrected chi connectivity index (χ1v) is 10.4. The van der Waals surface area contributed by atoms with Gasteiger partial charge in [0.2, 0.25) is 0 Å². The third-order valence-electron chi connectivity index (χ3n) is 3.76. The zero-order chi connectivity index (χ0) is 20.1. The van der Waals surface area contributed by atoms with Gasteiger partial charge in [-0.1, -0.05) is 24.3 Å². The van der Waals surface area contributed by atoms with Crippen LogP contribution < -0.4 is 9.46 Å². The van der Waals surface area contributed by atoms with E-state index in [0.717, 1.165) is 0 Å². The number of rotatable bonds is 6. The molecule has 0 aliphatic rings. The van der Waals surface area contributed by atoms with E-state index in [1.165, 1.54) is 30.3 Å². The molecule has 0 unspecified atom stereocenters. The van der Waals surface area contributed by atoms with Gasteiger partial charge >= 0.3 is 0 Å². The molecule has 3 aromatic carbocycles. The van der Waals surface area contributed by atoms with Crippen molar-refractivity contribution < 1.29 is 22.3 Å². The summed E-state index contributed by atoms with van der Waals surface area (Å²) in [6, 6.07) is 18.2. The molecule has 0 spiro atoms. The minimum Gasteiger partial charge on any atom is -0.489 e. The summed E-state index contributed by atoms with van der Waals surface area (Å²) >= 11 is 3.16. The number of nitrogens with one attached hydrogen (secondary N) is 1. The SMILES string of the molecule is O=C(NS(=O)(=O)c1ccccc1Br)c1ccc(OCc2cccc(F)c2)cc1. The molecule has 0 fully saturated rings. The van der Waals surface area contributed by atoms with Gasteiger partial charge in [0.25, 0.3) is 15.9 Å². The number of benzene rings is 3. The molecular weight excluding hydrogens is 449 g/mol. The Hall–Kier alpha value is -2.71. The van der Waals surface area contributed by atoms with Gasteiger partial charge in [-0.25, -0.2) is 17.5 Å². The molecule has 0 bridgehead atoms. The van der Waals surface area contributed by atoms with Crippen molar-refractivity contribution in [3.05, 3.63) is 94.2 Å². The molecule has 8 heteroatoms. The maximum atomic E-state index is 13.2. The molecule has 0 saturated heterocycles. The normalized spacial score (nSPS) is 11.1. The van der Waals surface area contributed by atoms with E-state index in [9.17, 15) is 17.6 Å². The van der Waals surface area contributed by atoms with Gasteiger partial charge in [-0.3, -0.25) is 4.79 Å². The summed E-state index contributed by atoms with van der Waals surface area (Å²) in [7, 11) is -4.01. The van der Waals surface area contributed by atoms with Crippen LogP contribution in [0.2, 0.25) is 0 Å². The number of sulfonamides is 1. The van der Waals surface area contributed by atoms with Crippen molar-refractivity contribution in [2.75, 3.05) is 0 Å². The van der Waals surface area contributed by atoms with Crippen molar-refractivity contribution in [3.63, 3.8) is 0 Å². The molecule has 3 rings (SSSR count). The second-order valence-electron chi connectivity index (χ2n) is 5.81. The predicted molar refractivity (Wildman–Crippen MR) is 106 cm³/mol. The summed E-state index contributed by atoms with van der Waals surface area (Å²) in [4.78, 5) is 12.3. The molecular formula is C20H15BrFNO4S. The Morgan fingerprint density at radius 2 is 1.71 bits per heavy atom. The summed E-state index contributed by atoms with van der Waals surface area (Å²) in [5, 5.41) is 0. The summed E-state index contributed by atoms with van der Waals surface area (Å²) in [5.41, 5.74) is 0.829. The fraction of sp³-hybridized carbons (Fsp3) is 0.0500. The Morgan fingerprint density at radius 1 is 1.00 bits per heavy atom. The van der Waals surface area contributed by atoms with E-state index in [4.69, 9.17) is 4.74 Å². The Labute approximate surface area is 170 Å². The average Bonchev–Trinajstić information content (AvgIpc) is 2.66. The number of carbonyl (C=O) groups is 1. The highest BCUT2D eigenvalue weighted by atomic mass is 79.9. The third-order valence-corrected chi connectivity index (χ3v) is 6.11. The number of halogens is 2. The number of hydrogen-bond acceptors (Lipinski definition) is 4. The lowest BCUT2D eigenvalue weighted by molar-refractivity contribution is 0.0981.